The van der Waals surface area contributed by atoms with Gasteiger partial charge >= 0.3 is 13.6 Å². The molecule has 10 heteroatoms. The molecule has 2 heterocycles. The van der Waals surface area contributed by atoms with Gasteiger partial charge in [-0.2, -0.15) is 0 Å². The quantitative estimate of drug-likeness (QED) is 0.459. The lowest BCUT2D eigenvalue weighted by molar-refractivity contribution is -0.135. The van der Waals surface area contributed by atoms with Crippen molar-refractivity contribution in [3.63, 3.8) is 0 Å². The fraction of sp³-hybridized carbons (Fsp3) is 0.577. The largest absolute Gasteiger partial charge is 0.453 e. The Morgan fingerprint density at radius 3 is 2.47 bits per heavy atom. The second-order valence-corrected chi connectivity index (χ2v) is 10.7. The van der Waals surface area contributed by atoms with Gasteiger partial charge in [-0.25, -0.2) is 9.78 Å². The minimum absolute atomic E-state index is 0.0849. The number of H-pyrrole nitrogens is 1. The summed E-state index contributed by atoms with van der Waals surface area (Å²) in [6, 6.07) is 6.96. The topological polar surface area (TPSA) is 117 Å². The van der Waals surface area contributed by atoms with E-state index in [4.69, 9.17) is 9.39 Å². The Bertz CT molecular complexity index is 1050. The lowest BCUT2D eigenvalue weighted by atomic mass is 9.82. The molecular formula is C26H38BN4O5. The first kappa shape index (κ1) is 27.7. The second-order valence-electron chi connectivity index (χ2n) is 10.7. The SMILES string of the molecule is COC(=O)NC(C(=O)N1CCCC1c1ncc(-c2ccc([B]OC(C)(C)C(C)(C)O)cc2)[nH]1)C(C)C. The van der Waals surface area contributed by atoms with E-state index in [9.17, 15) is 14.7 Å². The number of rotatable bonds is 9. The number of nitrogens with zero attached hydrogens (tertiary/aromatic N) is 2. The van der Waals surface area contributed by atoms with Crippen LogP contribution in [0.2, 0.25) is 0 Å². The van der Waals surface area contributed by atoms with Crippen molar-refractivity contribution < 1.29 is 24.1 Å². The number of benzene rings is 1. The van der Waals surface area contributed by atoms with E-state index in [2.05, 4.69) is 15.3 Å². The molecule has 2 atom stereocenters. The van der Waals surface area contributed by atoms with Gasteiger partial charge in [0, 0.05) is 6.54 Å². The molecule has 36 heavy (non-hydrogen) atoms. The molecule has 1 aromatic heterocycles. The molecule has 2 amide bonds. The summed E-state index contributed by atoms with van der Waals surface area (Å²) >= 11 is 0. The summed E-state index contributed by atoms with van der Waals surface area (Å²) in [6.45, 7) is 11.5. The maximum atomic E-state index is 13.3. The summed E-state index contributed by atoms with van der Waals surface area (Å²) in [5, 5.41) is 12.9. The van der Waals surface area contributed by atoms with Crippen molar-refractivity contribution in [2.45, 2.75) is 77.7 Å². The number of hydrogen-bond acceptors (Lipinski definition) is 6. The molecule has 2 unspecified atom stereocenters. The van der Waals surface area contributed by atoms with Crippen LogP contribution in [0.15, 0.2) is 30.5 Å². The van der Waals surface area contributed by atoms with Gasteiger partial charge in [-0.1, -0.05) is 43.6 Å². The van der Waals surface area contributed by atoms with Crippen LogP contribution in [0.25, 0.3) is 11.3 Å². The van der Waals surface area contributed by atoms with Crippen LogP contribution < -0.4 is 10.8 Å². The van der Waals surface area contributed by atoms with E-state index in [-0.39, 0.29) is 17.9 Å². The van der Waals surface area contributed by atoms with E-state index in [1.807, 2.05) is 52.0 Å². The van der Waals surface area contributed by atoms with Crippen molar-refractivity contribution in [1.82, 2.24) is 20.2 Å². The predicted octanol–water partition coefficient (Wildman–Crippen LogP) is 2.93. The van der Waals surface area contributed by atoms with Crippen molar-refractivity contribution in [2.75, 3.05) is 13.7 Å². The Kier molecular flexibility index (Phi) is 8.51. The van der Waals surface area contributed by atoms with Gasteiger partial charge in [0.2, 0.25) is 5.91 Å². The molecule has 3 N–H and O–H groups in total. The van der Waals surface area contributed by atoms with Crippen LogP contribution in [0, 0.1) is 5.92 Å². The zero-order chi connectivity index (χ0) is 26.7. The predicted molar refractivity (Wildman–Crippen MR) is 139 cm³/mol. The molecule has 1 aromatic carbocycles. The summed E-state index contributed by atoms with van der Waals surface area (Å²) < 4.78 is 10.5. The van der Waals surface area contributed by atoms with Gasteiger partial charge in [-0.3, -0.25) is 4.79 Å². The van der Waals surface area contributed by atoms with Gasteiger partial charge < -0.3 is 29.7 Å². The van der Waals surface area contributed by atoms with Crippen LogP contribution in [0.3, 0.4) is 0 Å². The van der Waals surface area contributed by atoms with Crippen molar-refractivity contribution in [3.8, 4) is 11.3 Å². The van der Waals surface area contributed by atoms with Crippen molar-refractivity contribution in [3.05, 3.63) is 36.3 Å². The molecule has 1 saturated heterocycles. The number of aromatic amines is 1. The number of aromatic nitrogens is 2. The van der Waals surface area contributed by atoms with Gasteiger partial charge in [-0.05, 0) is 52.0 Å². The lowest BCUT2D eigenvalue weighted by Crippen LogP contribution is -2.51. The van der Waals surface area contributed by atoms with Crippen molar-refractivity contribution >= 4 is 24.9 Å². The number of ether oxygens (including phenoxy) is 1. The monoisotopic (exact) mass is 497 g/mol. The number of amides is 2. The first-order valence-electron chi connectivity index (χ1n) is 12.4. The highest BCUT2D eigenvalue weighted by Crippen LogP contribution is 2.32. The van der Waals surface area contributed by atoms with Crippen LogP contribution >= 0.6 is 0 Å². The highest BCUT2D eigenvalue weighted by molar-refractivity contribution is 6.47. The first-order valence-corrected chi connectivity index (χ1v) is 12.4. The third kappa shape index (κ3) is 6.28. The minimum atomic E-state index is -0.990. The maximum Gasteiger partial charge on any atom is 0.407 e. The Morgan fingerprint density at radius 1 is 1.22 bits per heavy atom. The highest BCUT2D eigenvalue weighted by atomic mass is 16.5. The van der Waals surface area contributed by atoms with Crippen molar-refractivity contribution in [2.24, 2.45) is 5.92 Å². The summed E-state index contributed by atoms with van der Waals surface area (Å²) in [5.74, 6) is 0.505. The minimum Gasteiger partial charge on any atom is -0.453 e. The number of hydrogen-bond donors (Lipinski definition) is 3. The average Bonchev–Trinajstić information content (AvgIpc) is 3.49. The van der Waals surface area contributed by atoms with Gasteiger partial charge in [0.15, 0.2) is 0 Å². The van der Waals surface area contributed by atoms with Crippen LogP contribution in [0.5, 0.6) is 0 Å². The smallest absolute Gasteiger partial charge is 0.407 e. The number of nitrogens with one attached hydrogen (secondary N) is 2. The molecule has 0 spiro atoms. The van der Waals surface area contributed by atoms with Crippen LogP contribution in [-0.2, 0) is 14.2 Å². The first-order chi connectivity index (χ1) is 16.8. The standard InChI is InChI=1S/C26H38BN4O5/c1-16(2)21(30-24(33)35-7)23(32)31-14-8-9-20(31)22-28-15-19(29-22)17-10-12-18(13-11-17)27-36-26(5,6)25(3,4)34/h10-13,15-16,20-21,34H,8-9,14H2,1-7H3,(H,28,29)(H,30,33). The molecule has 195 valence electrons. The fourth-order valence-electron chi connectivity index (χ4n) is 3.95. The van der Waals surface area contributed by atoms with Gasteiger partial charge in [0.1, 0.15) is 11.9 Å². The van der Waals surface area contributed by atoms with Crippen molar-refractivity contribution in [1.29, 1.82) is 0 Å². The number of alkyl carbamates (subject to hydrolysis) is 1. The molecule has 9 nitrogen and oxygen atoms in total. The van der Waals surface area contributed by atoms with Crippen LogP contribution in [-0.4, -0.2) is 70.4 Å². The average molecular weight is 497 g/mol. The molecule has 1 aliphatic heterocycles. The lowest BCUT2D eigenvalue weighted by Gasteiger charge is -2.37. The Hall–Kier alpha value is -2.85. The van der Waals surface area contributed by atoms with Crippen LogP contribution in [0.4, 0.5) is 4.79 Å². The Morgan fingerprint density at radius 2 is 1.89 bits per heavy atom. The summed E-state index contributed by atoms with van der Waals surface area (Å²) in [4.78, 5) is 34.8. The zero-order valence-electron chi connectivity index (χ0n) is 22.3. The molecular weight excluding hydrogens is 459 g/mol. The van der Waals surface area contributed by atoms with Gasteiger partial charge in [0.25, 0.3) is 0 Å². The fourth-order valence-corrected chi connectivity index (χ4v) is 3.95. The maximum absolute atomic E-state index is 13.3. The molecule has 3 rings (SSSR count). The van der Waals surface area contributed by atoms with Gasteiger partial charge in [-0.15, -0.1) is 0 Å². The van der Waals surface area contributed by atoms with Crippen LogP contribution in [0.1, 0.15) is 66.3 Å². The molecule has 0 bridgehead atoms. The molecule has 0 aliphatic carbocycles. The molecule has 1 radical (unpaired) electrons. The number of imidazole rings is 1. The number of methoxy groups -OCH3 is 1. The third-order valence-electron chi connectivity index (χ3n) is 7.02. The molecule has 0 saturated carbocycles. The zero-order valence-corrected chi connectivity index (χ0v) is 22.3. The molecule has 1 aliphatic rings. The molecule has 2 aromatic rings. The van der Waals surface area contributed by atoms with Gasteiger partial charge in [0.05, 0.1) is 36.2 Å². The van der Waals surface area contributed by atoms with E-state index in [1.165, 1.54) is 7.11 Å². The molecule has 1 fully saturated rings. The van der Waals surface area contributed by atoms with E-state index in [0.29, 0.717) is 6.54 Å². The summed E-state index contributed by atoms with van der Waals surface area (Å²) in [5.41, 5.74) is 0.949. The highest BCUT2D eigenvalue weighted by Gasteiger charge is 2.38. The number of aliphatic hydroxyl groups is 1. The number of carbonyl (C=O) groups excluding carboxylic acids is 2. The number of carbonyl (C=O) groups is 2. The third-order valence-corrected chi connectivity index (χ3v) is 7.02. The summed E-state index contributed by atoms with van der Waals surface area (Å²) in [6.07, 6.45) is 2.81. The summed E-state index contributed by atoms with van der Waals surface area (Å²) in [7, 11) is 2.93. The van der Waals surface area contributed by atoms with E-state index >= 15 is 0 Å². The Balaban J connectivity index is 1.70. The second kappa shape index (κ2) is 11.0. The Labute approximate surface area is 214 Å². The normalized spacial score (nSPS) is 17.2. The van der Waals surface area contributed by atoms with E-state index in [0.717, 1.165) is 35.4 Å². The van der Waals surface area contributed by atoms with E-state index in [1.54, 1.807) is 32.4 Å². The van der Waals surface area contributed by atoms with E-state index < -0.39 is 23.3 Å². The number of likely N-dealkylation sites (tertiary alicyclic amines) is 1.